The van der Waals surface area contributed by atoms with Crippen LogP contribution in [0.3, 0.4) is 0 Å². The fourth-order valence-electron chi connectivity index (χ4n) is 1.86. The SMILES string of the molecule is COCC(C)n1c(=S)[nH]c2cc(I)ccc21. The second-order valence-electron chi connectivity index (χ2n) is 3.77. The fourth-order valence-corrected chi connectivity index (χ4v) is 2.74. The molecular weight excluding hydrogens is 335 g/mol. The monoisotopic (exact) mass is 348 g/mol. The Morgan fingerprint density at radius 2 is 2.31 bits per heavy atom. The molecule has 2 aromatic rings. The van der Waals surface area contributed by atoms with Gasteiger partial charge in [-0.05, 0) is 59.9 Å². The largest absolute Gasteiger partial charge is 0.383 e. The predicted molar refractivity (Wildman–Crippen MR) is 76.4 cm³/mol. The minimum absolute atomic E-state index is 0.242. The zero-order valence-electron chi connectivity index (χ0n) is 9.16. The van der Waals surface area contributed by atoms with Crippen molar-refractivity contribution in [3.8, 4) is 0 Å². The van der Waals surface area contributed by atoms with Crippen LogP contribution in [0, 0.1) is 8.34 Å². The van der Waals surface area contributed by atoms with Gasteiger partial charge in [0.05, 0.1) is 23.7 Å². The number of rotatable bonds is 3. The highest BCUT2D eigenvalue weighted by Gasteiger charge is 2.10. The maximum atomic E-state index is 5.34. The standard InChI is InChI=1S/C11H13IN2OS/c1-7(6-15-2)14-10-4-3-8(12)5-9(10)13-11(14)16/h3-5,7H,6H2,1-2H3,(H,13,16). The van der Waals surface area contributed by atoms with Crippen molar-refractivity contribution < 1.29 is 4.74 Å². The van der Waals surface area contributed by atoms with Crippen LogP contribution < -0.4 is 0 Å². The zero-order chi connectivity index (χ0) is 11.7. The van der Waals surface area contributed by atoms with E-state index in [0.29, 0.717) is 6.61 Å². The summed E-state index contributed by atoms with van der Waals surface area (Å²) in [5.41, 5.74) is 2.22. The number of aromatic nitrogens is 2. The molecule has 1 heterocycles. The molecule has 0 amide bonds. The first-order chi connectivity index (χ1) is 7.63. The Morgan fingerprint density at radius 3 is 3.00 bits per heavy atom. The predicted octanol–water partition coefficient (Wildman–Crippen LogP) is 3.51. The number of aromatic amines is 1. The van der Waals surface area contributed by atoms with Gasteiger partial charge < -0.3 is 14.3 Å². The van der Waals surface area contributed by atoms with Gasteiger partial charge in [-0.2, -0.15) is 0 Å². The summed E-state index contributed by atoms with van der Waals surface area (Å²) in [5, 5.41) is 0. The number of nitrogens with one attached hydrogen (secondary N) is 1. The van der Waals surface area contributed by atoms with Gasteiger partial charge in [0.2, 0.25) is 0 Å². The normalized spacial score (nSPS) is 13.2. The number of H-pyrrole nitrogens is 1. The fraction of sp³-hybridized carbons (Fsp3) is 0.364. The molecular formula is C11H13IN2OS. The summed E-state index contributed by atoms with van der Waals surface area (Å²) in [5.74, 6) is 0. The number of imidazole rings is 1. The summed E-state index contributed by atoms with van der Waals surface area (Å²) in [6, 6.07) is 6.52. The quantitative estimate of drug-likeness (QED) is 0.680. The number of methoxy groups -OCH3 is 1. The molecule has 0 aliphatic heterocycles. The van der Waals surface area contributed by atoms with Gasteiger partial charge in [0.1, 0.15) is 0 Å². The molecule has 1 N–H and O–H groups in total. The molecule has 5 heteroatoms. The van der Waals surface area contributed by atoms with E-state index < -0.39 is 0 Å². The number of benzene rings is 1. The van der Waals surface area contributed by atoms with Crippen molar-refractivity contribution in [2.24, 2.45) is 0 Å². The van der Waals surface area contributed by atoms with E-state index >= 15 is 0 Å². The van der Waals surface area contributed by atoms with Gasteiger partial charge in [0.15, 0.2) is 4.77 Å². The van der Waals surface area contributed by atoms with Crippen molar-refractivity contribution in [2.75, 3.05) is 13.7 Å². The van der Waals surface area contributed by atoms with Crippen molar-refractivity contribution in [1.82, 2.24) is 9.55 Å². The van der Waals surface area contributed by atoms with Crippen molar-refractivity contribution in [3.63, 3.8) is 0 Å². The average molecular weight is 348 g/mol. The molecule has 0 radical (unpaired) electrons. The summed E-state index contributed by atoms with van der Waals surface area (Å²) in [4.78, 5) is 3.22. The molecule has 3 nitrogen and oxygen atoms in total. The van der Waals surface area contributed by atoms with Crippen LogP contribution in [0.25, 0.3) is 11.0 Å². The highest BCUT2D eigenvalue weighted by atomic mass is 127. The number of fused-ring (bicyclic) bond motifs is 1. The van der Waals surface area contributed by atoms with Crippen LogP contribution in [-0.4, -0.2) is 23.3 Å². The number of hydrogen-bond acceptors (Lipinski definition) is 2. The van der Waals surface area contributed by atoms with Crippen LogP contribution >= 0.6 is 34.8 Å². The number of hydrogen-bond donors (Lipinski definition) is 1. The second kappa shape index (κ2) is 4.85. The molecule has 1 unspecified atom stereocenters. The Balaban J connectivity index is 2.60. The Hall–Kier alpha value is -0.400. The first kappa shape index (κ1) is 12.1. The maximum absolute atomic E-state index is 5.34. The van der Waals surface area contributed by atoms with Crippen molar-refractivity contribution in [3.05, 3.63) is 26.5 Å². The lowest BCUT2D eigenvalue weighted by atomic mass is 10.3. The van der Waals surface area contributed by atoms with Crippen LogP contribution in [0.2, 0.25) is 0 Å². The van der Waals surface area contributed by atoms with Crippen LogP contribution in [0.1, 0.15) is 13.0 Å². The lowest BCUT2D eigenvalue weighted by molar-refractivity contribution is 0.163. The second-order valence-corrected chi connectivity index (χ2v) is 5.40. The van der Waals surface area contributed by atoms with Gasteiger partial charge in [-0.3, -0.25) is 0 Å². The first-order valence-electron chi connectivity index (χ1n) is 5.02. The number of ether oxygens (including phenoxy) is 1. The van der Waals surface area contributed by atoms with Gasteiger partial charge in [0.25, 0.3) is 0 Å². The third kappa shape index (κ3) is 2.16. The smallest absolute Gasteiger partial charge is 0.178 e. The summed E-state index contributed by atoms with van der Waals surface area (Å²) in [6.07, 6.45) is 0. The van der Waals surface area contributed by atoms with Crippen LogP contribution in [0.5, 0.6) is 0 Å². The first-order valence-corrected chi connectivity index (χ1v) is 6.51. The van der Waals surface area contributed by atoms with E-state index in [-0.39, 0.29) is 6.04 Å². The molecule has 0 fully saturated rings. The van der Waals surface area contributed by atoms with E-state index in [9.17, 15) is 0 Å². The van der Waals surface area contributed by atoms with Gasteiger partial charge >= 0.3 is 0 Å². The molecule has 0 aliphatic carbocycles. The van der Waals surface area contributed by atoms with Crippen molar-refractivity contribution in [1.29, 1.82) is 0 Å². The molecule has 0 aliphatic rings. The molecule has 0 saturated heterocycles. The summed E-state index contributed by atoms with van der Waals surface area (Å²) in [6.45, 7) is 2.76. The van der Waals surface area contributed by atoms with E-state index in [4.69, 9.17) is 17.0 Å². The van der Waals surface area contributed by atoms with Crippen LogP contribution in [0.4, 0.5) is 0 Å². The lowest BCUT2D eigenvalue weighted by Crippen LogP contribution is -2.10. The third-order valence-electron chi connectivity index (χ3n) is 2.53. The molecule has 16 heavy (non-hydrogen) atoms. The zero-order valence-corrected chi connectivity index (χ0v) is 12.1. The molecule has 1 aromatic heterocycles. The average Bonchev–Trinajstić information content (AvgIpc) is 2.53. The minimum atomic E-state index is 0.242. The molecule has 2 rings (SSSR count). The molecule has 86 valence electrons. The summed E-state index contributed by atoms with van der Waals surface area (Å²) in [7, 11) is 1.71. The summed E-state index contributed by atoms with van der Waals surface area (Å²) < 4.78 is 9.23. The lowest BCUT2D eigenvalue weighted by Gasteiger charge is -2.13. The van der Waals surface area contributed by atoms with E-state index in [2.05, 4.69) is 57.3 Å². The Kier molecular flexibility index (Phi) is 3.66. The van der Waals surface area contributed by atoms with Gasteiger partial charge in [-0.15, -0.1) is 0 Å². The van der Waals surface area contributed by atoms with E-state index in [0.717, 1.165) is 15.8 Å². The molecule has 1 atom stereocenters. The maximum Gasteiger partial charge on any atom is 0.178 e. The van der Waals surface area contributed by atoms with E-state index in [1.54, 1.807) is 7.11 Å². The van der Waals surface area contributed by atoms with E-state index in [1.807, 2.05) is 0 Å². The van der Waals surface area contributed by atoms with Crippen LogP contribution in [-0.2, 0) is 4.74 Å². The highest BCUT2D eigenvalue weighted by Crippen LogP contribution is 2.21. The highest BCUT2D eigenvalue weighted by molar-refractivity contribution is 14.1. The number of nitrogens with zero attached hydrogens (tertiary/aromatic N) is 1. The van der Waals surface area contributed by atoms with Crippen molar-refractivity contribution in [2.45, 2.75) is 13.0 Å². The van der Waals surface area contributed by atoms with Crippen molar-refractivity contribution >= 4 is 45.8 Å². The molecule has 0 saturated carbocycles. The molecule has 0 spiro atoms. The van der Waals surface area contributed by atoms with E-state index in [1.165, 1.54) is 3.57 Å². The Bertz CT molecular complexity index is 561. The van der Waals surface area contributed by atoms with Crippen LogP contribution in [0.15, 0.2) is 18.2 Å². The Labute approximate surface area is 113 Å². The number of halogens is 1. The minimum Gasteiger partial charge on any atom is -0.383 e. The Morgan fingerprint density at radius 1 is 1.56 bits per heavy atom. The van der Waals surface area contributed by atoms with Gasteiger partial charge in [-0.1, -0.05) is 0 Å². The molecule has 0 bridgehead atoms. The molecule has 1 aromatic carbocycles. The summed E-state index contributed by atoms with van der Waals surface area (Å²) >= 11 is 7.63. The topological polar surface area (TPSA) is 29.9 Å². The third-order valence-corrected chi connectivity index (χ3v) is 3.50. The van der Waals surface area contributed by atoms with Gasteiger partial charge in [0, 0.05) is 10.7 Å². The van der Waals surface area contributed by atoms with Gasteiger partial charge in [-0.25, -0.2) is 0 Å².